The Labute approximate surface area is 118 Å². The highest BCUT2D eigenvalue weighted by molar-refractivity contribution is 5.78. The van der Waals surface area contributed by atoms with Gasteiger partial charge in [-0.05, 0) is 35.5 Å². The van der Waals surface area contributed by atoms with E-state index in [9.17, 15) is 0 Å². The summed E-state index contributed by atoms with van der Waals surface area (Å²) in [6.07, 6.45) is 9.39. The Hall–Kier alpha value is -1.56. The van der Waals surface area contributed by atoms with E-state index in [0.717, 1.165) is 6.42 Å². The van der Waals surface area contributed by atoms with Crippen LogP contribution in [-0.4, -0.2) is 0 Å². The Morgan fingerprint density at radius 1 is 1.26 bits per heavy atom. The van der Waals surface area contributed by atoms with Gasteiger partial charge in [0.1, 0.15) is 0 Å². The lowest BCUT2D eigenvalue weighted by Gasteiger charge is -2.24. The molecule has 1 aromatic carbocycles. The van der Waals surface area contributed by atoms with Crippen molar-refractivity contribution in [3.63, 3.8) is 0 Å². The Kier molecular flexibility index (Phi) is 5.35. The Balaban J connectivity index is 3.43. The van der Waals surface area contributed by atoms with Gasteiger partial charge in [-0.25, -0.2) is 0 Å². The molecule has 0 bridgehead atoms. The average Bonchev–Trinajstić information content (AvgIpc) is 2.33. The standard InChI is InChI=1S/C19H26/c1-7-9-11-16(10-8-2)17-13-12-15(3)14-18(17)19(4,5)6/h8-14H,2,7H2,1,3-6H3/b11-9-,16-10+. The summed E-state index contributed by atoms with van der Waals surface area (Å²) in [5, 5.41) is 0. The number of aryl methyl sites for hydroxylation is 1. The monoisotopic (exact) mass is 254 g/mol. The van der Waals surface area contributed by atoms with Gasteiger partial charge < -0.3 is 0 Å². The maximum Gasteiger partial charge on any atom is -0.0126 e. The molecule has 0 saturated heterocycles. The first-order valence-corrected chi connectivity index (χ1v) is 7.01. The van der Waals surface area contributed by atoms with Gasteiger partial charge in [-0.3, -0.25) is 0 Å². The highest BCUT2D eigenvalue weighted by Crippen LogP contribution is 2.31. The third kappa shape index (κ3) is 4.24. The van der Waals surface area contributed by atoms with E-state index in [0.29, 0.717) is 0 Å². The van der Waals surface area contributed by atoms with Crippen molar-refractivity contribution in [2.24, 2.45) is 0 Å². The number of hydrogen-bond donors (Lipinski definition) is 0. The van der Waals surface area contributed by atoms with Crippen LogP contribution in [0.3, 0.4) is 0 Å². The van der Waals surface area contributed by atoms with E-state index in [1.165, 1.54) is 22.3 Å². The highest BCUT2D eigenvalue weighted by atomic mass is 14.2. The van der Waals surface area contributed by atoms with Crippen LogP contribution in [0, 0.1) is 6.92 Å². The van der Waals surface area contributed by atoms with Gasteiger partial charge in [0.15, 0.2) is 0 Å². The second-order valence-electron chi connectivity index (χ2n) is 5.97. The Morgan fingerprint density at radius 3 is 2.47 bits per heavy atom. The molecule has 0 fully saturated rings. The van der Waals surface area contributed by atoms with E-state index in [1.54, 1.807) is 0 Å². The molecule has 1 rings (SSSR count). The zero-order valence-corrected chi connectivity index (χ0v) is 13.0. The van der Waals surface area contributed by atoms with E-state index in [4.69, 9.17) is 0 Å². The molecule has 0 heterocycles. The molecule has 0 aliphatic heterocycles. The van der Waals surface area contributed by atoms with Crippen molar-refractivity contribution in [3.8, 4) is 0 Å². The summed E-state index contributed by atoms with van der Waals surface area (Å²) in [5.74, 6) is 0. The summed E-state index contributed by atoms with van der Waals surface area (Å²) < 4.78 is 0. The van der Waals surface area contributed by atoms with E-state index in [2.05, 4.69) is 77.6 Å². The van der Waals surface area contributed by atoms with Crippen molar-refractivity contribution in [3.05, 3.63) is 65.8 Å². The van der Waals surface area contributed by atoms with Crippen LogP contribution in [0.4, 0.5) is 0 Å². The van der Waals surface area contributed by atoms with Crippen LogP contribution in [0.1, 0.15) is 50.8 Å². The molecule has 0 aliphatic rings. The summed E-state index contributed by atoms with van der Waals surface area (Å²) in [7, 11) is 0. The third-order valence-corrected chi connectivity index (χ3v) is 3.12. The minimum absolute atomic E-state index is 0.141. The second kappa shape index (κ2) is 6.56. The number of benzene rings is 1. The van der Waals surface area contributed by atoms with Crippen molar-refractivity contribution in [2.45, 2.75) is 46.5 Å². The maximum absolute atomic E-state index is 3.83. The van der Waals surface area contributed by atoms with Crippen molar-refractivity contribution >= 4 is 5.57 Å². The number of allylic oxidation sites excluding steroid dienone is 5. The van der Waals surface area contributed by atoms with E-state index >= 15 is 0 Å². The zero-order valence-electron chi connectivity index (χ0n) is 13.0. The van der Waals surface area contributed by atoms with Crippen LogP contribution >= 0.6 is 0 Å². The van der Waals surface area contributed by atoms with Crippen LogP contribution in [0.25, 0.3) is 5.57 Å². The van der Waals surface area contributed by atoms with E-state index in [-0.39, 0.29) is 5.41 Å². The topological polar surface area (TPSA) is 0 Å². The Bertz CT molecular complexity index is 493. The molecule has 0 N–H and O–H groups in total. The lowest BCUT2D eigenvalue weighted by Crippen LogP contribution is -2.14. The molecule has 0 saturated carbocycles. The SMILES string of the molecule is C=C/C=C(\C=C/CC)c1ccc(C)cc1C(C)(C)C. The molecule has 0 heteroatoms. The largest absolute Gasteiger partial charge is 0.0990 e. The summed E-state index contributed by atoms with van der Waals surface area (Å²) in [4.78, 5) is 0. The van der Waals surface area contributed by atoms with Gasteiger partial charge in [0.25, 0.3) is 0 Å². The molecule has 1 aromatic rings. The van der Waals surface area contributed by atoms with Gasteiger partial charge >= 0.3 is 0 Å². The van der Waals surface area contributed by atoms with Crippen molar-refractivity contribution < 1.29 is 0 Å². The molecule has 0 radical (unpaired) electrons. The molecule has 0 aromatic heterocycles. The van der Waals surface area contributed by atoms with Crippen molar-refractivity contribution in [1.82, 2.24) is 0 Å². The van der Waals surface area contributed by atoms with Gasteiger partial charge in [-0.15, -0.1) is 0 Å². The fourth-order valence-corrected chi connectivity index (χ4v) is 2.14. The number of hydrogen-bond acceptors (Lipinski definition) is 0. The maximum atomic E-state index is 3.83. The van der Waals surface area contributed by atoms with Crippen LogP contribution in [0.5, 0.6) is 0 Å². The normalized spacial score (nSPS) is 13.0. The van der Waals surface area contributed by atoms with Crippen LogP contribution in [0.15, 0.2) is 49.1 Å². The van der Waals surface area contributed by atoms with Crippen LogP contribution < -0.4 is 0 Å². The van der Waals surface area contributed by atoms with Crippen molar-refractivity contribution in [2.75, 3.05) is 0 Å². The molecule has 0 aliphatic carbocycles. The van der Waals surface area contributed by atoms with Crippen LogP contribution in [0.2, 0.25) is 0 Å². The Morgan fingerprint density at radius 2 is 1.95 bits per heavy atom. The first-order chi connectivity index (χ1) is 8.90. The van der Waals surface area contributed by atoms with Gasteiger partial charge in [-0.2, -0.15) is 0 Å². The summed E-state index contributed by atoms with van der Waals surface area (Å²) >= 11 is 0. The summed E-state index contributed by atoms with van der Waals surface area (Å²) in [6, 6.07) is 6.71. The molecule has 0 spiro atoms. The van der Waals surface area contributed by atoms with Crippen LogP contribution in [-0.2, 0) is 5.41 Å². The molecular weight excluding hydrogens is 228 g/mol. The predicted molar refractivity (Wildman–Crippen MR) is 87.5 cm³/mol. The quantitative estimate of drug-likeness (QED) is 0.593. The number of rotatable bonds is 4. The second-order valence-corrected chi connectivity index (χ2v) is 5.97. The lowest BCUT2D eigenvalue weighted by atomic mass is 9.80. The van der Waals surface area contributed by atoms with Gasteiger partial charge in [-0.1, -0.05) is 82.3 Å². The zero-order chi connectivity index (χ0) is 14.5. The molecule has 0 atom stereocenters. The van der Waals surface area contributed by atoms with Gasteiger partial charge in [0.2, 0.25) is 0 Å². The third-order valence-electron chi connectivity index (χ3n) is 3.12. The highest BCUT2D eigenvalue weighted by Gasteiger charge is 2.18. The van der Waals surface area contributed by atoms with Crippen molar-refractivity contribution in [1.29, 1.82) is 0 Å². The minimum atomic E-state index is 0.141. The van der Waals surface area contributed by atoms with Gasteiger partial charge in [0, 0.05) is 0 Å². The predicted octanol–water partition coefficient (Wildman–Crippen LogP) is 5.83. The fourth-order valence-electron chi connectivity index (χ4n) is 2.14. The molecule has 19 heavy (non-hydrogen) atoms. The smallest absolute Gasteiger partial charge is 0.0126 e. The molecular formula is C19H26. The molecule has 0 amide bonds. The minimum Gasteiger partial charge on any atom is -0.0990 e. The average molecular weight is 254 g/mol. The van der Waals surface area contributed by atoms with E-state index < -0.39 is 0 Å². The lowest BCUT2D eigenvalue weighted by molar-refractivity contribution is 0.588. The first-order valence-electron chi connectivity index (χ1n) is 7.01. The first kappa shape index (κ1) is 15.5. The molecule has 0 unspecified atom stereocenters. The van der Waals surface area contributed by atoms with Gasteiger partial charge in [0.05, 0.1) is 0 Å². The molecule has 102 valence electrons. The van der Waals surface area contributed by atoms with E-state index in [1.807, 2.05) is 6.08 Å². The summed E-state index contributed by atoms with van der Waals surface area (Å²) in [6.45, 7) is 14.9. The fraction of sp³-hybridized carbons (Fsp3) is 0.368. The summed E-state index contributed by atoms with van der Waals surface area (Å²) in [5.41, 5.74) is 5.39. The molecule has 0 nitrogen and oxygen atoms in total.